The fourth-order valence-electron chi connectivity index (χ4n) is 2.58. The number of hydrogen-bond acceptors (Lipinski definition) is 4. The second-order valence-electron chi connectivity index (χ2n) is 6.17. The zero-order valence-corrected chi connectivity index (χ0v) is 15.9. The molecule has 132 valence electrons. The van der Waals surface area contributed by atoms with E-state index >= 15 is 0 Å². The zero-order valence-electron chi connectivity index (χ0n) is 14.2. The molecular weight excluding hydrogens is 354 g/mol. The van der Waals surface area contributed by atoms with Gasteiger partial charge in [-0.15, -0.1) is 12.4 Å². The van der Waals surface area contributed by atoms with Crippen LogP contribution in [0.15, 0.2) is 48.5 Å². The standard InChI is InChI=1S/C19H21N3OS.ClH/c1-12(2)13-7-9-14(10-8-13)16(20)11-21-19(23)18-15-5-3-4-6-17(15)22-24-18;/h3-10,12,16H,11,20H2,1-2H3,(H,21,23);1H/t16-;/m0./s1. The second kappa shape index (κ2) is 8.43. The molecular formula is C19H22ClN3OS. The third-order valence-electron chi connectivity index (χ3n) is 4.10. The lowest BCUT2D eigenvalue weighted by molar-refractivity contribution is 0.0956. The van der Waals surface area contributed by atoms with Crippen molar-refractivity contribution in [3.05, 3.63) is 64.5 Å². The minimum atomic E-state index is -0.227. The summed E-state index contributed by atoms with van der Waals surface area (Å²) in [5, 5.41) is 3.80. The first-order chi connectivity index (χ1) is 11.6. The Kier molecular flexibility index (Phi) is 6.53. The molecule has 1 aromatic heterocycles. The number of halogens is 1. The molecule has 3 N–H and O–H groups in total. The Labute approximate surface area is 158 Å². The predicted octanol–water partition coefficient (Wildman–Crippen LogP) is 4.27. The highest BCUT2D eigenvalue weighted by atomic mass is 35.5. The van der Waals surface area contributed by atoms with E-state index in [-0.39, 0.29) is 24.4 Å². The van der Waals surface area contributed by atoms with Crippen LogP contribution in [0.5, 0.6) is 0 Å². The third-order valence-corrected chi connectivity index (χ3v) is 4.98. The Morgan fingerprint density at radius 3 is 2.44 bits per heavy atom. The van der Waals surface area contributed by atoms with E-state index in [9.17, 15) is 4.79 Å². The Bertz CT molecular complexity index is 845. The quantitative estimate of drug-likeness (QED) is 0.699. The normalized spacial score (nSPS) is 12.0. The summed E-state index contributed by atoms with van der Waals surface area (Å²) in [7, 11) is 0. The van der Waals surface area contributed by atoms with Gasteiger partial charge in [0.25, 0.3) is 5.91 Å². The lowest BCUT2D eigenvalue weighted by Gasteiger charge is -2.14. The van der Waals surface area contributed by atoms with Crippen molar-refractivity contribution in [2.24, 2.45) is 5.73 Å². The maximum atomic E-state index is 12.4. The van der Waals surface area contributed by atoms with Gasteiger partial charge < -0.3 is 11.1 Å². The maximum absolute atomic E-state index is 12.4. The number of aromatic nitrogens is 1. The van der Waals surface area contributed by atoms with E-state index in [0.717, 1.165) is 16.5 Å². The van der Waals surface area contributed by atoms with Crippen molar-refractivity contribution in [3.8, 4) is 0 Å². The van der Waals surface area contributed by atoms with Crippen LogP contribution in [0.3, 0.4) is 0 Å². The van der Waals surface area contributed by atoms with E-state index in [1.807, 2.05) is 36.4 Å². The summed E-state index contributed by atoms with van der Waals surface area (Å²) >= 11 is 1.22. The number of hydrogen-bond donors (Lipinski definition) is 2. The van der Waals surface area contributed by atoms with Gasteiger partial charge in [-0.1, -0.05) is 56.3 Å². The van der Waals surface area contributed by atoms with E-state index in [1.165, 1.54) is 17.1 Å². The van der Waals surface area contributed by atoms with Crippen LogP contribution < -0.4 is 11.1 Å². The first-order valence-electron chi connectivity index (χ1n) is 8.04. The minimum Gasteiger partial charge on any atom is -0.349 e. The average molecular weight is 376 g/mol. The van der Waals surface area contributed by atoms with Gasteiger partial charge in [0.1, 0.15) is 4.88 Å². The van der Waals surface area contributed by atoms with E-state index in [4.69, 9.17) is 5.73 Å². The van der Waals surface area contributed by atoms with Gasteiger partial charge in [-0.25, -0.2) is 0 Å². The molecule has 0 radical (unpaired) electrons. The molecule has 25 heavy (non-hydrogen) atoms. The Hall–Kier alpha value is -1.95. The molecule has 0 aliphatic rings. The molecule has 0 bridgehead atoms. The first-order valence-corrected chi connectivity index (χ1v) is 8.81. The number of benzene rings is 2. The molecule has 0 unspecified atom stereocenters. The maximum Gasteiger partial charge on any atom is 0.263 e. The molecule has 1 heterocycles. The highest BCUT2D eigenvalue weighted by Gasteiger charge is 2.15. The van der Waals surface area contributed by atoms with Crippen LogP contribution in [0.4, 0.5) is 0 Å². The molecule has 1 amide bonds. The van der Waals surface area contributed by atoms with Crippen LogP contribution in [0.1, 0.15) is 46.6 Å². The number of nitrogens with one attached hydrogen (secondary N) is 1. The van der Waals surface area contributed by atoms with Gasteiger partial charge in [0.05, 0.1) is 5.52 Å². The van der Waals surface area contributed by atoms with E-state index in [1.54, 1.807) is 0 Å². The van der Waals surface area contributed by atoms with Crippen molar-refractivity contribution >= 4 is 40.7 Å². The van der Waals surface area contributed by atoms with Crippen molar-refractivity contribution in [3.63, 3.8) is 0 Å². The number of rotatable bonds is 5. The van der Waals surface area contributed by atoms with Gasteiger partial charge in [0.15, 0.2) is 0 Å². The smallest absolute Gasteiger partial charge is 0.263 e. The summed E-state index contributed by atoms with van der Waals surface area (Å²) in [6.07, 6.45) is 0. The van der Waals surface area contributed by atoms with Gasteiger partial charge in [-0.05, 0) is 34.6 Å². The number of carbonyl (C=O) groups excluding carboxylic acids is 1. The summed E-state index contributed by atoms with van der Waals surface area (Å²) in [5.74, 6) is 0.373. The average Bonchev–Trinajstić information content (AvgIpc) is 3.03. The van der Waals surface area contributed by atoms with E-state index in [0.29, 0.717) is 17.3 Å². The molecule has 0 aliphatic heterocycles. The molecule has 0 saturated heterocycles. The summed E-state index contributed by atoms with van der Waals surface area (Å²) in [5.41, 5.74) is 9.36. The van der Waals surface area contributed by atoms with Crippen LogP contribution in [0, 0.1) is 0 Å². The molecule has 3 aromatic rings. The van der Waals surface area contributed by atoms with Crippen LogP contribution in [0.25, 0.3) is 10.9 Å². The van der Waals surface area contributed by atoms with Crippen molar-refractivity contribution in [1.82, 2.24) is 9.69 Å². The van der Waals surface area contributed by atoms with Crippen LogP contribution in [-0.4, -0.2) is 16.8 Å². The topological polar surface area (TPSA) is 68.0 Å². The first kappa shape index (κ1) is 19.4. The van der Waals surface area contributed by atoms with Crippen molar-refractivity contribution in [2.75, 3.05) is 6.54 Å². The Morgan fingerprint density at radius 2 is 1.76 bits per heavy atom. The van der Waals surface area contributed by atoms with E-state index < -0.39 is 0 Å². The van der Waals surface area contributed by atoms with Gasteiger partial charge in [-0.2, -0.15) is 4.37 Å². The Balaban J connectivity index is 0.00000225. The van der Waals surface area contributed by atoms with Crippen molar-refractivity contribution < 1.29 is 4.79 Å². The molecule has 0 aliphatic carbocycles. The number of nitrogens with two attached hydrogens (primary N) is 1. The summed E-state index contributed by atoms with van der Waals surface area (Å²) in [6, 6.07) is 15.7. The predicted molar refractivity (Wildman–Crippen MR) is 107 cm³/mol. The highest BCUT2D eigenvalue weighted by molar-refractivity contribution is 7.09. The van der Waals surface area contributed by atoms with Crippen LogP contribution >= 0.6 is 23.9 Å². The molecule has 1 atom stereocenters. The summed E-state index contributed by atoms with van der Waals surface area (Å²) in [6.45, 7) is 4.72. The fraction of sp³-hybridized carbons (Fsp3) is 0.263. The lowest BCUT2D eigenvalue weighted by Crippen LogP contribution is -2.31. The molecule has 0 spiro atoms. The number of amides is 1. The monoisotopic (exact) mass is 375 g/mol. The van der Waals surface area contributed by atoms with Crippen molar-refractivity contribution in [1.29, 1.82) is 0 Å². The van der Waals surface area contributed by atoms with Gasteiger partial charge >= 0.3 is 0 Å². The number of carbonyl (C=O) groups is 1. The highest BCUT2D eigenvalue weighted by Crippen LogP contribution is 2.22. The SMILES string of the molecule is CC(C)c1ccc([C@@H](N)CNC(=O)c2snc3ccccc23)cc1.Cl. The van der Waals surface area contributed by atoms with Crippen molar-refractivity contribution in [2.45, 2.75) is 25.8 Å². The van der Waals surface area contributed by atoms with Gasteiger partial charge in [0, 0.05) is 18.0 Å². The molecule has 0 saturated carbocycles. The molecule has 6 heteroatoms. The molecule has 0 fully saturated rings. The van der Waals surface area contributed by atoms with Gasteiger partial charge in [0.2, 0.25) is 0 Å². The summed E-state index contributed by atoms with van der Waals surface area (Å²) < 4.78 is 4.30. The van der Waals surface area contributed by atoms with Crippen LogP contribution in [-0.2, 0) is 0 Å². The third kappa shape index (κ3) is 4.37. The van der Waals surface area contributed by atoms with Gasteiger partial charge in [-0.3, -0.25) is 4.79 Å². The van der Waals surface area contributed by atoms with Crippen LogP contribution in [0.2, 0.25) is 0 Å². The summed E-state index contributed by atoms with van der Waals surface area (Å²) in [4.78, 5) is 13.0. The lowest BCUT2D eigenvalue weighted by atomic mass is 9.99. The largest absolute Gasteiger partial charge is 0.349 e. The Morgan fingerprint density at radius 1 is 1.12 bits per heavy atom. The number of fused-ring (bicyclic) bond motifs is 1. The fourth-order valence-corrected chi connectivity index (χ4v) is 3.36. The molecule has 4 nitrogen and oxygen atoms in total. The zero-order chi connectivity index (χ0) is 17.1. The minimum absolute atomic E-state index is 0. The molecule has 2 aromatic carbocycles. The van der Waals surface area contributed by atoms with E-state index in [2.05, 4.69) is 35.7 Å². The second-order valence-corrected chi connectivity index (χ2v) is 6.94. The molecule has 3 rings (SSSR count). The number of nitrogens with zero attached hydrogens (tertiary/aromatic N) is 1.